The molecule has 2 aliphatic heterocycles. The molecule has 1 unspecified atom stereocenters. The van der Waals surface area contributed by atoms with Crippen molar-refractivity contribution in [2.24, 2.45) is 7.05 Å². The van der Waals surface area contributed by atoms with Gasteiger partial charge in [0, 0.05) is 19.0 Å². The third-order valence-electron chi connectivity index (χ3n) is 6.52. The zero-order chi connectivity index (χ0) is 25.0. The number of ether oxygens (including phenoxy) is 1. The Labute approximate surface area is 200 Å². The van der Waals surface area contributed by atoms with Crippen molar-refractivity contribution < 1.29 is 22.7 Å². The Morgan fingerprint density at radius 1 is 1.26 bits per heavy atom. The number of fused-ring (bicyclic) bond motifs is 1. The number of hydrogen-bond acceptors (Lipinski definition) is 6. The monoisotopic (exact) mass is 486 g/mol. The van der Waals surface area contributed by atoms with Gasteiger partial charge in [0.05, 0.1) is 30.9 Å². The van der Waals surface area contributed by atoms with Crippen LogP contribution in [0.15, 0.2) is 36.7 Å². The van der Waals surface area contributed by atoms with Gasteiger partial charge in [-0.05, 0) is 48.2 Å². The van der Waals surface area contributed by atoms with Gasteiger partial charge in [-0.3, -0.25) is 9.69 Å². The molecule has 1 atom stereocenters. The van der Waals surface area contributed by atoms with Crippen molar-refractivity contribution in [2.45, 2.75) is 44.4 Å². The second-order valence-electron chi connectivity index (χ2n) is 9.51. The normalized spacial score (nSPS) is 17.8. The molecule has 2 aromatic heterocycles. The van der Waals surface area contributed by atoms with Gasteiger partial charge in [-0.25, -0.2) is 4.98 Å². The summed E-state index contributed by atoms with van der Waals surface area (Å²) in [7, 11) is 1.86. The summed E-state index contributed by atoms with van der Waals surface area (Å²) in [6.45, 7) is 4.84. The van der Waals surface area contributed by atoms with Crippen LogP contribution in [-0.4, -0.2) is 44.4 Å². The van der Waals surface area contributed by atoms with E-state index < -0.39 is 17.6 Å². The number of halogens is 3. The van der Waals surface area contributed by atoms with E-state index in [2.05, 4.69) is 20.5 Å². The van der Waals surface area contributed by atoms with Crippen LogP contribution in [0, 0.1) is 0 Å². The van der Waals surface area contributed by atoms with Gasteiger partial charge in [-0.15, -0.1) is 10.2 Å². The van der Waals surface area contributed by atoms with Crippen molar-refractivity contribution >= 4 is 17.5 Å². The van der Waals surface area contributed by atoms with Crippen LogP contribution >= 0.6 is 0 Å². The lowest BCUT2D eigenvalue weighted by molar-refractivity contribution is -0.138. The fourth-order valence-electron chi connectivity index (χ4n) is 4.48. The number of alkyl halides is 3. The first-order chi connectivity index (χ1) is 16.5. The second-order valence-corrected chi connectivity index (χ2v) is 9.51. The molecule has 3 aromatic rings. The molecule has 184 valence electrons. The fraction of sp³-hybridized carbons (Fsp3) is 0.417. The predicted octanol–water partition coefficient (Wildman–Crippen LogP) is 3.94. The molecule has 4 heterocycles. The molecular formula is C24H25F3N6O2. The fourth-order valence-corrected chi connectivity index (χ4v) is 4.48. The van der Waals surface area contributed by atoms with Crippen LogP contribution in [-0.2, 0) is 30.9 Å². The summed E-state index contributed by atoms with van der Waals surface area (Å²) in [5.74, 6) is 1.11. The first kappa shape index (κ1) is 23.3. The number of rotatable bonds is 6. The van der Waals surface area contributed by atoms with Crippen LogP contribution in [0.2, 0.25) is 0 Å². The van der Waals surface area contributed by atoms with Crippen LogP contribution in [0.1, 0.15) is 52.6 Å². The van der Waals surface area contributed by atoms with Crippen molar-refractivity contribution in [2.75, 3.05) is 23.4 Å². The molecule has 0 saturated carbocycles. The number of nitrogens with one attached hydrogen (secondary N) is 1. The highest BCUT2D eigenvalue weighted by molar-refractivity contribution is 6.10. The van der Waals surface area contributed by atoms with Crippen LogP contribution in [0.25, 0.3) is 0 Å². The molecule has 8 nitrogen and oxygen atoms in total. The van der Waals surface area contributed by atoms with Crippen LogP contribution in [0.3, 0.4) is 0 Å². The van der Waals surface area contributed by atoms with Crippen molar-refractivity contribution in [3.63, 3.8) is 0 Å². The lowest BCUT2D eigenvalue weighted by Crippen LogP contribution is -2.53. The Kier molecular flexibility index (Phi) is 5.54. The molecule has 1 aromatic carbocycles. The van der Waals surface area contributed by atoms with E-state index in [0.29, 0.717) is 31.3 Å². The minimum Gasteiger partial charge on any atom is -0.376 e. The summed E-state index contributed by atoms with van der Waals surface area (Å²) in [5.41, 5.74) is -0.206. The van der Waals surface area contributed by atoms with Gasteiger partial charge >= 0.3 is 6.18 Å². The number of anilines is 2. The number of carbonyl (C=O) groups is 1. The summed E-state index contributed by atoms with van der Waals surface area (Å²) in [4.78, 5) is 19.1. The molecule has 1 fully saturated rings. The molecule has 0 radical (unpaired) electrons. The average Bonchev–Trinajstić information content (AvgIpc) is 3.34. The van der Waals surface area contributed by atoms with Crippen molar-refractivity contribution in [3.05, 3.63) is 64.7 Å². The van der Waals surface area contributed by atoms with Gasteiger partial charge in [-0.1, -0.05) is 13.0 Å². The van der Waals surface area contributed by atoms with Crippen LogP contribution in [0.5, 0.6) is 0 Å². The van der Waals surface area contributed by atoms with E-state index in [1.807, 2.05) is 31.5 Å². The Hall–Kier alpha value is -3.47. The van der Waals surface area contributed by atoms with Gasteiger partial charge in [0.15, 0.2) is 0 Å². The summed E-state index contributed by atoms with van der Waals surface area (Å²) in [6, 6.07) is 7.37. The Bertz CT molecular complexity index is 1280. The van der Waals surface area contributed by atoms with Crippen molar-refractivity contribution in [1.82, 2.24) is 19.7 Å². The maximum absolute atomic E-state index is 13.6. The topological polar surface area (TPSA) is 85.2 Å². The highest BCUT2D eigenvalue weighted by Gasteiger charge is 2.40. The molecule has 5 rings (SSSR count). The van der Waals surface area contributed by atoms with Gasteiger partial charge in [0.1, 0.15) is 23.8 Å². The molecule has 0 bridgehead atoms. The van der Waals surface area contributed by atoms with E-state index in [9.17, 15) is 18.0 Å². The molecule has 2 aliphatic rings. The lowest BCUT2D eigenvalue weighted by atomic mass is 9.96. The molecule has 0 spiro atoms. The van der Waals surface area contributed by atoms with Crippen LogP contribution in [0.4, 0.5) is 24.8 Å². The number of amides is 1. The zero-order valence-electron chi connectivity index (χ0n) is 19.6. The largest absolute Gasteiger partial charge is 0.416 e. The zero-order valence-corrected chi connectivity index (χ0v) is 19.6. The Morgan fingerprint density at radius 2 is 2.03 bits per heavy atom. The molecule has 1 amide bonds. The first-order valence-electron chi connectivity index (χ1n) is 11.3. The minimum atomic E-state index is -4.55. The van der Waals surface area contributed by atoms with Gasteiger partial charge < -0.3 is 14.6 Å². The van der Waals surface area contributed by atoms with Crippen LogP contribution < -0.4 is 10.2 Å². The maximum atomic E-state index is 13.6. The number of hydrogen-bond donors (Lipinski definition) is 1. The third-order valence-corrected chi connectivity index (χ3v) is 6.52. The minimum absolute atomic E-state index is 0.0172. The van der Waals surface area contributed by atoms with Gasteiger partial charge in [-0.2, -0.15) is 13.2 Å². The molecule has 0 aliphatic carbocycles. The molecular weight excluding hydrogens is 461 g/mol. The molecule has 1 saturated heterocycles. The molecule has 1 N–H and O–H groups in total. The lowest BCUT2D eigenvalue weighted by Gasteiger charge is -2.39. The number of aromatic nitrogens is 4. The Balaban J connectivity index is 1.52. The van der Waals surface area contributed by atoms with Crippen molar-refractivity contribution in [1.29, 1.82) is 0 Å². The third kappa shape index (κ3) is 4.36. The number of benzene rings is 1. The molecule has 35 heavy (non-hydrogen) atoms. The van der Waals surface area contributed by atoms with E-state index in [0.717, 1.165) is 17.5 Å². The second kappa shape index (κ2) is 8.33. The average molecular weight is 486 g/mol. The summed E-state index contributed by atoms with van der Waals surface area (Å²) in [5, 5.41) is 11.4. The van der Waals surface area contributed by atoms with Gasteiger partial charge in [0.2, 0.25) is 0 Å². The number of pyridine rings is 1. The first-order valence-corrected chi connectivity index (χ1v) is 11.3. The highest BCUT2D eigenvalue weighted by Crippen LogP contribution is 2.39. The van der Waals surface area contributed by atoms with E-state index in [-0.39, 0.29) is 29.1 Å². The number of nitrogens with zero attached hydrogens (tertiary/aromatic N) is 5. The molecule has 11 heteroatoms. The quantitative estimate of drug-likeness (QED) is 0.568. The van der Waals surface area contributed by atoms with E-state index in [4.69, 9.17) is 4.74 Å². The summed E-state index contributed by atoms with van der Waals surface area (Å²) in [6.07, 6.45) is -2.33. The Morgan fingerprint density at radius 3 is 2.66 bits per heavy atom. The van der Waals surface area contributed by atoms with E-state index >= 15 is 0 Å². The number of aryl methyl sites for hydroxylation is 1. The summed E-state index contributed by atoms with van der Waals surface area (Å²) >= 11 is 0. The maximum Gasteiger partial charge on any atom is 0.416 e. The summed E-state index contributed by atoms with van der Waals surface area (Å²) < 4.78 is 48.0. The van der Waals surface area contributed by atoms with Crippen molar-refractivity contribution in [3.8, 4) is 0 Å². The highest BCUT2D eigenvalue weighted by atomic mass is 19.4. The standard InChI is InChI=1S/C24H25F3N6O2/c1-14(7-21-31-28-13-32(21)3)15-8-19(30-23(2)11-35-12-23)29-20(9-15)33-10-17-16(22(33)34)5-4-6-18(17)24(25,26)27/h4-6,8-9,13-14H,7,10-12H2,1-3H3,(H,29,30). The van der Waals surface area contributed by atoms with Gasteiger partial charge in [0.25, 0.3) is 5.91 Å². The van der Waals surface area contributed by atoms with E-state index in [1.54, 1.807) is 12.4 Å². The smallest absolute Gasteiger partial charge is 0.376 e. The predicted molar refractivity (Wildman–Crippen MR) is 122 cm³/mol. The SMILES string of the molecule is CC(Cc1nncn1C)c1cc(NC2(C)COC2)nc(N2Cc3c(cccc3C(F)(F)F)C2=O)c1. The van der Waals surface area contributed by atoms with E-state index in [1.165, 1.54) is 17.0 Å². The number of carbonyl (C=O) groups excluding carboxylic acids is 1.